The molecule has 0 spiro atoms. The number of carbonyl (C=O) groups excluding carboxylic acids is 1. The van der Waals surface area contributed by atoms with Crippen molar-refractivity contribution in [1.29, 1.82) is 0 Å². The summed E-state index contributed by atoms with van der Waals surface area (Å²) < 4.78 is 46.7. The number of rotatable bonds is 6. The predicted octanol–water partition coefficient (Wildman–Crippen LogP) is 3.29. The van der Waals surface area contributed by atoms with Gasteiger partial charge in [0.15, 0.2) is 0 Å². The average Bonchev–Trinajstić information content (AvgIpc) is 3.37. The maximum atomic E-state index is 14.5. The molecule has 29 heavy (non-hydrogen) atoms. The van der Waals surface area contributed by atoms with Gasteiger partial charge in [0.25, 0.3) is 0 Å². The number of hydrogen-bond acceptors (Lipinski definition) is 5. The van der Waals surface area contributed by atoms with Crippen molar-refractivity contribution >= 4 is 5.97 Å². The number of aromatic nitrogens is 2. The van der Waals surface area contributed by atoms with Gasteiger partial charge in [0, 0.05) is 24.0 Å². The normalized spacial score (nSPS) is 21.2. The molecule has 0 radical (unpaired) electrons. The highest BCUT2D eigenvalue weighted by molar-refractivity contribution is 5.89. The van der Waals surface area contributed by atoms with Crippen LogP contribution in [0.5, 0.6) is 0 Å². The topological polar surface area (TPSA) is 62.6 Å². The van der Waals surface area contributed by atoms with Gasteiger partial charge in [-0.15, -0.1) is 0 Å². The van der Waals surface area contributed by atoms with Crippen molar-refractivity contribution in [1.82, 2.24) is 9.55 Å². The minimum absolute atomic E-state index is 0.0597. The summed E-state index contributed by atoms with van der Waals surface area (Å²) >= 11 is 0. The smallest absolute Gasteiger partial charge is 0.338 e. The van der Waals surface area contributed by atoms with E-state index in [-0.39, 0.29) is 25.3 Å². The third-order valence-corrected chi connectivity index (χ3v) is 4.56. The Morgan fingerprint density at radius 1 is 1.24 bits per heavy atom. The zero-order valence-corrected chi connectivity index (χ0v) is 15.3. The highest BCUT2D eigenvalue weighted by Crippen LogP contribution is 2.37. The van der Waals surface area contributed by atoms with Gasteiger partial charge in [-0.1, -0.05) is 18.2 Å². The summed E-state index contributed by atoms with van der Waals surface area (Å²) in [5, 5.41) is 0. The van der Waals surface area contributed by atoms with Crippen LogP contribution in [0.3, 0.4) is 0 Å². The van der Waals surface area contributed by atoms with Gasteiger partial charge >= 0.3 is 5.97 Å². The van der Waals surface area contributed by atoms with E-state index in [2.05, 4.69) is 4.98 Å². The van der Waals surface area contributed by atoms with Crippen LogP contribution in [-0.4, -0.2) is 34.8 Å². The predicted molar refractivity (Wildman–Crippen MR) is 97.8 cm³/mol. The van der Waals surface area contributed by atoms with E-state index < -0.39 is 29.5 Å². The molecule has 2 unspecified atom stereocenters. The van der Waals surface area contributed by atoms with Crippen molar-refractivity contribution < 1.29 is 27.8 Å². The summed E-state index contributed by atoms with van der Waals surface area (Å²) in [5.74, 6) is -3.47. The zero-order valence-electron chi connectivity index (χ0n) is 15.3. The molecule has 2 atom stereocenters. The molecular weight excluding hydrogens is 382 g/mol. The highest BCUT2D eigenvalue weighted by Gasteiger charge is 2.46. The second-order valence-electron chi connectivity index (χ2n) is 6.63. The Kier molecular flexibility index (Phi) is 5.37. The van der Waals surface area contributed by atoms with Crippen molar-refractivity contribution in [2.75, 3.05) is 13.2 Å². The lowest BCUT2D eigenvalue weighted by Crippen LogP contribution is -2.35. The first-order chi connectivity index (χ1) is 14.1. The number of carbonyl (C=O) groups is 1. The number of esters is 1. The summed E-state index contributed by atoms with van der Waals surface area (Å²) in [6, 6.07) is 11.8. The van der Waals surface area contributed by atoms with E-state index in [0.717, 1.165) is 12.1 Å². The van der Waals surface area contributed by atoms with E-state index >= 15 is 0 Å². The van der Waals surface area contributed by atoms with Crippen molar-refractivity contribution in [3.63, 3.8) is 0 Å². The number of imidazole rings is 1. The molecule has 1 aliphatic rings. The number of ether oxygens (including phenoxy) is 3. The fourth-order valence-corrected chi connectivity index (χ4v) is 3.20. The Labute approximate surface area is 165 Å². The van der Waals surface area contributed by atoms with Gasteiger partial charge < -0.3 is 18.8 Å². The van der Waals surface area contributed by atoms with Gasteiger partial charge in [0.2, 0.25) is 5.79 Å². The number of halogens is 2. The molecule has 8 heteroatoms. The molecule has 0 N–H and O–H groups in total. The quantitative estimate of drug-likeness (QED) is 0.595. The fraction of sp³-hybridized carbons (Fsp3) is 0.238. The van der Waals surface area contributed by atoms with Crippen LogP contribution in [0.2, 0.25) is 0 Å². The largest absolute Gasteiger partial charge is 0.459 e. The van der Waals surface area contributed by atoms with Gasteiger partial charge in [0.05, 0.1) is 25.0 Å². The van der Waals surface area contributed by atoms with Gasteiger partial charge in [-0.05, 0) is 24.3 Å². The molecule has 4 rings (SSSR count). The standard InChI is InChI=1S/C21H18F2N2O4/c22-16-6-7-18(19(23)10-16)21(13-25-9-8-24-14-25)28-12-17(29-21)11-27-20(26)15-4-2-1-3-5-15/h1-10,14,17H,11-13H2. The summed E-state index contributed by atoms with van der Waals surface area (Å²) in [7, 11) is 0. The van der Waals surface area contributed by atoms with Gasteiger partial charge in [0.1, 0.15) is 24.3 Å². The van der Waals surface area contributed by atoms with Crippen molar-refractivity contribution in [3.8, 4) is 0 Å². The van der Waals surface area contributed by atoms with Crippen LogP contribution in [0.1, 0.15) is 15.9 Å². The van der Waals surface area contributed by atoms with Crippen LogP contribution in [0.25, 0.3) is 0 Å². The van der Waals surface area contributed by atoms with Crippen LogP contribution in [0.15, 0.2) is 67.3 Å². The maximum Gasteiger partial charge on any atom is 0.338 e. The molecule has 0 amide bonds. The average molecular weight is 400 g/mol. The number of benzene rings is 2. The molecule has 6 nitrogen and oxygen atoms in total. The summed E-state index contributed by atoms with van der Waals surface area (Å²) in [6.45, 7) is 0.106. The zero-order chi connectivity index (χ0) is 20.3. The molecule has 1 saturated heterocycles. The van der Waals surface area contributed by atoms with E-state index in [4.69, 9.17) is 14.2 Å². The van der Waals surface area contributed by atoms with Crippen molar-refractivity contribution in [2.24, 2.45) is 0 Å². The Bertz CT molecular complexity index is 982. The van der Waals surface area contributed by atoms with Crippen LogP contribution in [-0.2, 0) is 26.5 Å². The molecule has 0 aliphatic carbocycles. The molecular formula is C21H18F2N2O4. The van der Waals surface area contributed by atoms with E-state index in [9.17, 15) is 13.6 Å². The molecule has 1 aromatic heterocycles. The lowest BCUT2D eigenvalue weighted by Gasteiger charge is -2.29. The van der Waals surface area contributed by atoms with Crippen LogP contribution >= 0.6 is 0 Å². The number of nitrogens with zero attached hydrogens (tertiary/aromatic N) is 2. The molecule has 2 heterocycles. The summed E-state index contributed by atoms with van der Waals surface area (Å²) in [4.78, 5) is 16.1. The second kappa shape index (κ2) is 8.10. The van der Waals surface area contributed by atoms with Gasteiger partial charge in [-0.25, -0.2) is 18.6 Å². The first-order valence-electron chi connectivity index (χ1n) is 9.01. The van der Waals surface area contributed by atoms with Crippen LogP contribution in [0.4, 0.5) is 8.78 Å². The highest BCUT2D eigenvalue weighted by atomic mass is 19.1. The Balaban J connectivity index is 1.51. The van der Waals surface area contributed by atoms with Gasteiger partial charge in [-0.2, -0.15) is 0 Å². The number of hydrogen-bond donors (Lipinski definition) is 0. The third kappa shape index (κ3) is 4.18. The SMILES string of the molecule is O=C(OCC1COC(Cn2ccnc2)(c2ccc(F)cc2F)O1)c1ccccc1. The van der Waals surface area contributed by atoms with Crippen molar-refractivity contribution in [3.05, 3.63) is 90.0 Å². The van der Waals surface area contributed by atoms with Crippen LogP contribution < -0.4 is 0 Å². The fourth-order valence-electron chi connectivity index (χ4n) is 3.20. The van der Waals surface area contributed by atoms with E-state index in [0.29, 0.717) is 5.56 Å². The Morgan fingerprint density at radius 2 is 2.07 bits per heavy atom. The molecule has 1 aliphatic heterocycles. The molecule has 0 bridgehead atoms. The third-order valence-electron chi connectivity index (χ3n) is 4.56. The lowest BCUT2D eigenvalue weighted by atomic mass is 10.0. The lowest BCUT2D eigenvalue weighted by molar-refractivity contribution is -0.191. The summed E-state index contributed by atoms with van der Waals surface area (Å²) in [6.07, 6.45) is 4.18. The first kappa shape index (κ1) is 19.2. The van der Waals surface area contributed by atoms with E-state index in [1.807, 2.05) is 0 Å². The molecule has 1 fully saturated rings. The Hall–Kier alpha value is -3.10. The monoisotopic (exact) mass is 400 g/mol. The van der Waals surface area contributed by atoms with Crippen LogP contribution in [0, 0.1) is 11.6 Å². The van der Waals surface area contributed by atoms with Crippen molar-refractivity contribution in [2.45, 2.75) is 18.4 Å². The Morgan fingerprint density at radius 3 is 2.79 bits per heavy atom. The minimum atomic E-state index is -1.50. The van der Waals surface area contributed by atoms with E-state index in [1.165, 1.54) is 6.07 Å². The molecule has 3 aromatic rings. The first-order valence-corrected chi connectivity index (χ1v) is 9.01. The molecule has 150 valence electrons. The van der Waals surface area contributed by atoms with E-state index in [1.54, 1.807) is 53.6 Å². The molecule has 0 saturated carbocycles. The minimum Gasteiger partial charge on any atom is -0.459 e. The van der Waals surface area contributed by atoms with Gasteiger partial charge in [-0.3, -0.25) is 0 Å². The maximum absolute atomic E-state index is 14.5. The second-order valence-corrected chi connectivity index (χ2v) is 6.63. The molecule has 2 aromatic carbocycles. The summed E-state index contributed by atoms with van der Waals surface area (Å²) in [5.41, 5.74) is 0.477.